The topological polar surface area (TPSA) is 80.0 Å². The van der Waals surface area contributed by atoms with Crippen molar-refractivity contribution < 1.29 is 23.8 Å². The largest absolute Gasteiger partial charge is 0.481 e. The molecule has 1 aromatic heterocycles. The molecule has 2 aromatic rings. The van der Waals surface area contributed by atoms with Gasteiger partial charge in [-0.2, -0.15) is 0 Å². The fourth-order valence-corrected chi connectivity index (χ4v) is 3.79. The molecule has 6 heteroatoms. The van der Waals surface area contributed by atoms with Gasteiger partial charge < -0.3 is 14.3 Å². The predicted octanol–water partition coefficient (Wildman–Crippen LogP) is 2.61. The summed E-state index contributed by atoms with van der Waals surface area (Å²) in [5.41, 5.74) is -0.108. The van der Waals surface area contributed by atoms with Gasteiger partial charge in [0.2, 0.25) is 5.91 Å². The average Bonchev–Trinajstić information content (AvgIpc) is 3.04. The number of carboxylic acid groups (broad SMARTS) is 1. The Balaban J connectivity index is 1.81. The highest BCUT2D eigenvalue weighted by Gasteiger charge is 2.56. The molecule has 3 heterocycles. The molecule has 1 aromatic carbocycles. The molecule has 2 bridgehead atoms. The Morgan fingerprint density at radius 3 is 2.83 bits per heavy atom. The molecule has 0 spiro atoms. The van der Waals surface area contributed by atoms with Crippen molar-refractivity contribution in [2.24, 2.45) is 5.92 Å². The third-order valence-electron chi connectivity index (χ3n) is 4.91. The van der Waals surface area contributed by atoms with Gasteiger partial charge in [0.1, 0.15) is 17.4 Å². The summed E-state index contributed by atoms with van der Waals surface area (Å²) in [6.45, 7) is 2.01. The number of ether oxygens (including phenoxy) is 1. The van der Waals surface area contributed by atoms with Gasteiger partial charge in [-0.25, -0.2) is 0 Å². The molecule has 2 aliphatic rings. The monoisotopic (exact) mass is 327 g/mol. The third kappa shape index (κ3) is 2.10. The maximum Gasteiger partial charge on any atom is 0.316 e. The molecule has 0 aliphatic carbocycles. The van der Waals surface area contributed by atoms with Crippen LogP contribution in [-0.4, -0.2) is 27.6 Å². The number of para-hydroxylation sites is 1. The Morgan fingerprint density at radius 1 is 1.33 bits per heavy atom. The van der Waals surface area contributed by atoms with Crippen LogP contribution in [0.25, 0.3) is 0 Å². The molecule has 24 heavy (non-hydrogen) atoms. The summed E-state index contributed by atoms with van der Waals surface area (Å²) in [5, 5.41) is 9.66. The minimum atomic E-state index is -1.11. The molecule has 3 atom stereocenters. The van der Waals surface area contributed by atoms with Crippen molar-refractivity contribution in [3.8, 4) is 5.75 Å². The zero-order valence-corrected chi connectivity index (χ0v) is 13.1. The summed E-state index contributed by atoms with van der Waals surface area (Å²) in [6, 6.07) is 10.8. The Kier molecular flexibility index (Phi) is 3.16. The van der Waals surface area contributed by atoms with E-state index in [0.29, 0.717) is 17.9 Å². The van der Waals surface area contributed by atoms with Crippen molar-refractivity contribution in [1.82, 2.24) is 4.90 Å². The van der Waals surface area contributed by atoms with Crippen molar-refractivity contribution in [3.63, 3.8) is 0 Å². The van der Waals surface area contributed by atoms with E-state index in [1.807, 2.05) is 31.2 Å². The van der Waals surface area contributed by atoms with Crippen LogP contribution < -0.4 is 4.74 Å². The van der Waals surface area contributed by atoms with Crippen LogP contribution in [0.1, 0.15) is 30.6 Å². The molecule has 0 unspecified atom stereocenters. The van der Waals surface area contributed by atoms with Gasteiger partial charge in [0, 0.05) is 12.3 Å². The van der Waals surface area contributed by atoms with Crippen molar-refractivity contribution in [1.29, 1.82) is 0 Å². The van der Waals surface area contributed by atoms with E-state index < -0.39 is 29.4 Å². The van der Waals surface area contributed by atoms with E-state index in [-0.39, 0.29) is 6.54 Å². The lowest BCUT2D eigenvalue weighted by Gasteiger charge is -2.52. The number of carboxylic acids is 1. The standard InChI is InChI=1S/C18H17NO5/c1-18-9-13(12-6-2-3-7-14(12)24-18)15(17(21)22)16(20)19(18)10-11-5-4-8-23-11/h2-8,13,15H,9-10H2,1H3,(H,21,22)/t13-,15+,18-/m0/s1. The Bertz CT molecular complexity index is 800. The summed E-state index contributed by atoms with van der Waals surface area (Å²) in [6.07, 6.45) is 1.97. The zero-order chi connectivity index (χ0) is 16.9. The summed E-state index contributed by atoms with van der Waals surface area (Å²) in [4.78, 5) is 26.2. The minimum Gasteiger partial charge on any atom is -0.481 e. The summed E-state index contributed by atoms with van der Waals surface area (Å²) in [5.74, 6) is -1.81. The highest BCUT2D eigenvalue weighted by Crippen LogP contribution is 2.50. The third-order valence-corrected chi connectivity index (χ3v) is 4.91. The van der Waals surface area contributed by atoms with E-state index in [9.17, 15) is 14.7 Å². The normalized spacial score (nSPS) is 28.2. The molecule has 6 nitrogen and oxygen atoms in total. The van der Waals surface area contributed by atoms with Crippen LogP contribution in [0, 0.1) is 5.92 Å². The molecule has 4 rings (SSSR count). The number of benzene rings is 1. The average molecular weight is 327 g/mol. The van der Waals surface area contributed by atoms with E-state index in [1.165, 1.54) is 11.2 Å². The Morgan fingerprint density at radius 2 is 2.12 bits per heavy atom. The number of hydrogen-bond donors (Lipinski definition) is 1. The smallest absolute Gasteiger partial charge is 0.316 e. The summed E-state index contributed by atoms with van der Waals surface area (Å²) < 4.78 is 11.5. The second-order valence-electron chi connectivity index (χ2n) is 6.45. The van der Waals surface area contributed by atoms with E-state index >= 15 is 0 Å². The van der Waals surface area contributed by atoms with Gasteiger partial charge >= 0.3 is 5.97 Å². The van der Waals surface area contributed by atoms with E-state index in [0.717, 1.165) is 5.56 Å². The molecule has 1 amide bonds. The van der Waals surface area contributed by atoms with Crippen LogP contribution in [0.2, 0.25) is 0 Å². The lowest BCUT2D eigenvalue weighted by Crippen LogP contribution is -2.63. The van der Waals surface area contributed by atoms with Gasteiger partial charge in [-0.15, -0.1) is 0 Å². The number of aliphatic carboxylic acids is 1. The number of likely N-dealkylation sites (tertiary alicyclic amines) is 1. The van der Waals surface area contributed by atoms with Crippen molar-refractivity contribution in [3.05, 3.63) is 54.0 Å². The number of furan rings is 1. The number of hydrogen-bond acceptors (Lipinski definition) is 4. The highest BCUT2D eigenvalue weighted by atomic mass is 16.5. The Labute approximate surface area is 138 Å². The quantitative estimate of drug-likeness (QED) is 0.877. The number of carbonyl (C=O) groups excluding carboxylic acids is 1. The van der Waals surface area contributed by atoms with Gasteiger partial charge in [-0.05, 0) is 30.7 Å². The number of rotatable bonds is 3. The second kappa shape index (κ2) is 5.12. The lowest BCUT2D eigenvalue weighted by molar-refractivity contribution is -0.182. The number of amides is 1. The molecular weight excluding hydrogens is 310 g/mol. The van der Waals surface area contributed by atoms with Crippen LogP contribution >= 0.6 is 0 Å². The highest BCUT2D eigenvalue weighted by molar-refractivity contribution is 5.99. The fourth-order valence-electron chi connectivity index (χ4n) is 3.79. The van der Waals surface area contributed by atoms with Crippen molar-refractivity contribution in [2.45, 2.75) is 31.5 Å². The first-order valence-corrected chi connectivity index (χ1v) is 7.84. The van der Waals surface area contributed by atoms with E-state index in [4.69, 9.17) is 9.15 Å². The molecule has 1 N–H and O–H groups in total. The number of nitrogens with zero attached hydrogens (tertiary/aromatic N) is 1. The molecule has 0 saturated carbocycles. The van der Waals surface area contributed by atoms with Crippen molar-refractivity contribution in [2.75, 3.05) is 0 Å². The van der Waals surface area contributed by atoms with Gasteiger partial charge in [-0.3, -0.25) is 14.5 Å². The van der Waals surface area contributed by atoms with Crippen LogP contribution in [0.3, 0.4) is 0 Å². The Hall–Kier alpha value is -2.76. The number of fused-ring (bicyclic) bond motifs is 4. The first kappa shape index (κ1) is 14.8. The van der Waals surface area contributed by atoms with Crippen molar-refractivity contribution >= 4 is 11.9 Å². The number of piperidine rings is 1. The predicted molar refractivity (Wildman–Crippen MR) is 83.2 cm³/mol. The van der Waals surface area contributed by atoms with E-state index in [2.05, 4.69) is 0 Å². The lowest BCUT2D eigenvalue weighted by atomic mass is 9.73. The molecule has 2 aliphatic heterocycles. The minimum absolute atomic E-state index is 0.182. The van der Waals surface area contributed by atoms with Gasteiger partial charge in [0.05, 0.1) is 12.8 Å². The van der Waals surface area contributed by atoms with E-state index in [1.54, 1.807) is 12.1 Å². The second-order valence-corrected chi connectivity index (χ2v) is 6.45. The van der Waals surface area contributed by atoms with Crippen LogP contribution in [-0.2, 0) is 16.1 Å². The first-order chi connectivity index (χ1) is 11.5. The molecule has 1 saturated heterocycles. The molecular formula is C18H17NO5. The SMILES string of the molecule is C[C@@]12C[C@@H](c3ccccc3O1)[C@@H](C(=O)O)C(=O)N2Cc1ccco1. The first-order valence-electron chi connectivity index (χ1n) is 7.84. The van der Waals surface area contributed by atoms with Crippen LogP contribution in [0.15, 0.2) is 47.1 Å². The van der Waals surface area contributed by atoms with Gasteiger partial charge in [0.25, 0.3) is 0 Å². The summed E-state index contributed by atoms with van der Waals surface area (Å²) >= 11 is 0. The number of carbonyl (C=O) groups is 2. The molecule has 0 radical (unpaired) electrons. The maximum atomic E-state index is 12.9. The van der Waals surface area contributed by atoms with Gasteiger partial charge in [0.15, 0.2) is 5.72 Å². The zero-order valence-electron chi connectivity index (χ0n) is 13.1. The fraction of sp³-hybridized carbons (Fsp3) is 0.333. The molecule has 124 valence electrons. The van der Waals surface area contributed by atoms with Gasteiger partial charge in [-0.1, -0.05) is 18.2 Å². The summed E-state index contributed by atoms with van der Waals surface area (Å²) in [7, 11) is 0. The van der Waals surface area contributed by atoms with Crippen LogP contribution in [0.5, 0.6) is 5.75 Å². The maximum absolute atomic E-state index is 12.9. The van der Waals surface area contributed by atoms with Crippen LogP contribution in [0.4, 0.5) is 0 Å². The molecule has 1 fully saturated rings.